The smallest absolute Gasteiger partial charge is 0.291 e. The van der Waals surface area contributed by atoms with Crippen LogP contribution in [0.25, 0.3) is 0 Å². The number of fused-ring (bicyclic) bond motifs is 2. The molecular weight excluding hydrogens is 437 g/mol. The van der Waals surface area contributed by atoms with Crippen molar-refractivity contribution in [3.8, 4) is 11.5 Å². The van der Waals surface area contributed by atoms with Gasteiger partial charge in [-0.05, 0) is 30.7 Å². The summed E-state index contributed by atoms with van der Waals surface area (Å²) in [5.41, 5.74) is 1.80. The minimum absolute atomic E-state index is 0. The van der Waals surface area contributed by atoms with E-state index in [2.05, 4.69) is 9.98 Å². The first kappa shape index (κ1) is 25.1. The first-order chi connectivity index (χ1) is 14.1. The Morgan fingerprint density at radius 3 is 1.73 bits per heavy atom. The van der Waals surface area contributed by atoms with Gasteiger partial charge in [-0.2, -0.15) is 0 Å². The zero-order valence-corrected chi connectivity index (χ0v) is 17.1. The molecule has 3 rings (SSSR count). The molecule has 0 aliphatic carbocycles. The first-order valence-corrected chi connectivity index (χ1v) is 9.01. The van der Waals surface area contributed by atoms with Crippen LogP contribution < -0.4 is 9.47 Å². The molecule has 0 saturated heterocycles. The fourth-order valence-electron chi connectivity index (χ4n) is 2.44. The van der Waals surface area contributed by atoms with Gasteiger partial charge in [0.1, 0.15) is 30.8 Å². The predicted molar refractivity (Wildman–Crippen MR) is 108 cm³/mol. The summed E-state index contributed by atoms with van der Waals surface area (Å²) in [5.74, 6) is 1.41. The van der Waals surface area contributed by atoms with Crippen LogP contribution in [0.1, 0.15) is 17.5 Å². The molecule has 10 heteroatoms. The second-order valence-electron chi connectivity index (χ2n) is 6.01. The molecule has 0 saturated carbocycles. The number of ether oxygens (including phenoxy) is 2. The molecule has 1 aliphatic rings. The van der Waals surface area contributed by atoms with E-state index in [1.54, 1.807) is 0 Å². The fraction of sp³-hybridized carbons (Fsp3) is 0.300. The number of benzene rings is 2. The van der Waals surface area contributed by atoms with Gasteiger partial charge >= 0.3 is 0 Å². The van der Waals surface area contributed by atoms with Gasteiger partial charge in [0.15, 0.2) is 0 Å². The van der Waals surface area contributed by atoms with Gasteiger partial charge in [0, 0.05) is 53.1 Å². The Kier molecular flexibility index (Phi) is 11.8. The van der Waals surface area contributed by atoms with Gasteiger partial charge in [0.2, 0.25) is 0 Å². The fourth-order valence-corrected chi connectivity index (χ4v) is 2.44. The third-order valence-corrected chi connectivity index (χ3v) is 3.74. The maximum atomic E-state index is 10.2. The van der Waals surface area contributed by atoms with Crippen LogP contribution in [0, 0.1) is 10.1 Å². The third-order valence-electron chi connectivity index (χ3n) is 3.74. The normalized spacial score (nSPS) is 16.2. The number of rotatable bonds is 0. The topological polar surface area (TPSA) is 127 Å². The van der Waals surface area contributed by atoms with Crippen LogP contribution in [-0.4, -0.2) is 60.2 Å². The molecule has 0 amide bonds. The minimum atomic E-state index is -1.50. The van der Waals surface area contributed by atoms with Crippen molar-refractivity contribution in [1.29, 1.82) is 0 Å². The Labute approximate surface area is 184 Å². The van der Waals surface area contributed by atoms with E-state index in [9.17, 15) is 5.11 Å². The summed E-state index contributed by atoms with van der Waals surface area (Å²) in [5, 5.41) is 23.8. The van der Waals surface area contributed by atoms with Crippen molar-refractivity contribution >= 4 is 12.4 Å². The summed E-state index contributed by atoms with van der Waals surface area (Å²) in [6.45, 7) is 1.71. The van der Waals surface area contributed by atoms with Gasteiger partial charge in [-0.3, -0.25) is 9.98 Å². The molecule has 2 aromatic carbocycles. The number of hydrogen-bond donors (Lipinski definition) is 2. The van der Waals surface area contributed by atoms with E-state index in [0.29, 0.717) is 24.6 Å². The SMILES string of the molecule is O=[N+]([O-])O.OC1COc2ccccc2C=NCCCN=Cc2ccccc2OC1.[Ni]. The van der Waals surface area contributed by atoms with Crippen LogP contribution in [0.2, 0.25) is 0 Å². The molecule has 0 spiro atoms. The molecule has 9 nitrogen and oxygen atoms in total. The Balaban J connectivity index is 0.000000827. The van der Waals surface area contributed by atoms with Gasteiger partial charge in [-0.1, -0.05) is 24.3 Å². The number of para-hydroxylation sites is 2. The Morgan fingerprint density at radius 2 is 1.30 bits per heavy atom. The van der Waals surface area contributed by atoms with Crippen molar-refractivity contribution in [3.05, 3.63) is 69.8 Å². The van der Waals surface area contributed by atoms with E-state index >= 15 is 0 Å². The van der Waals surface area contributed by atoms with Crippen LogP contribution in [0.15, 0.2) is 58.5 Å². The van der Waals surface area contributed by atoms with E-state index in [1.165, 1.54) is 0 Å². The summed E-state index contributed by atoms with van der Waals surface area (Å²) in [7, 11) is 0. The van der Waals surface area contributed by atoms with Crippen molar-refractivity contribution in [2.75, 3.05) is 26.3 Å². The molecule has 1 heterocycles. The molecule has 164 valence electrons. The maximum absolute atomic E-state index is 10.2. The molecule has 30 heavy (non-hydrogen) atoms. The Hall–Kier alpha value is -2.97. The summed E-state index contributed by atoms with van der Waals surface area (Å²) in [4.78, 5) is 17.2. The van der Waals surface area contributed by atoms with Crippen LogP contribution in [0.5, 0.6) is 11.5 Å². The number of aliphatic imine (C=N–C) groups is 2. The van der Waals surface area contributed by atoms with Gasteiger partial charge in [-0.15, -0.1) is 10.1 Å². The molecule has 0 atom stereocenters. The monoisotopic (exact) mass is 459 g/mol. The van der Waals surface area contributed by atoms with Crippen LogP contribution >= 0.6 is 0 Å². The van der Waals surface area contributed by atoms with Crippen molar-refractivity contribution in [2.45, 2.75) is 12.5 Å². The van der Waals surface area contributed by atoms with Crippen LogP contribution in [0.4, 0.5) is 0 Å². The van der Waals surface area contributed by atoms with Crippen molar-refractivity contribution in [3.63, 3.8) is 0 Å². The van der Waals surface area contributed by atoms with Crippen LogP contribution in [0.3, 0.4) is 0 Å². The predicted octanol–water partition coefficient (Wildman–Crippen LogP) is 2.40. The maximum Gasteiger partial charge on any atom is 0.291 e. The Morgan fingerprint density at radius 1 is 0.900 bits per heavy atom. The Bertz CT molecular complexity index is 781. The molecule has 2 aromatic rings. The molecule has 0 aromatic heterocycles. The van der Waals surface area contributed by atoms with Crippen molar-refractivity contribution < 1.29 is 41.4 Å². The molecule has 0 radical (unpaired) electrons. The van der Waals surface area contributed by atoms with E-state index in [4.69, 9.17) is 24.8 Å². The van der Waals surface area contributed by atoms with Gasteiger partial charge in [0.25, 0.3) is 5.09 Å². The quantitative estimate of drug-likeness (QED) is 0.353. The molecule has 0 fully saturated rings. The third kappa shape index (κ3) is 9.49. The summed E-state index contributed by atoms with van der Waals surface area (Å²) in [6, 6.07) is 15.3. The number of aliphatic hydroxyl groups is 1. The molecule has 1 aliphatic heterocycles. The minimum Gasteiger partial charge on any atom is -0.490 e. The largest absolute Gasteiger partial charge is 0.490 e. The zero-order valence-electron chi connectivity index (χ0n) is 16.1. The summed E-state index contributed by atoms with van der Waals surface area (Å²) < 4.78 is 11.5. The van der Waals surface area contributed by atoms with E-state index in [1.807, 2.05) is 61.0 Å². The van der Waals surface area contributed by atoms with Gasteiger partial charge in [-0.25, -0.2) is 0 Å². The van der Waals surface area contributed by atoms with Crippen LogP contribution in [-0.2, 0) is 16.5 Å². The first-order valence-electron chi connectivity index (χ1n) is 9.01. The molecule has 0 unspecified atom stereocenters. The zero-order chi connectivity index (χ0) is 20.9. The summed E-state index contributed by atoms with van der Waals surface area (Å²) in [6.07, 6.45) is 3.76. The molecular formula is C20H23N3NiO6. The van der Waals surface area contributed by atoms with Gasteiger partial charge in [0.05, 0.1) is 0 Å². The van der Waals surface area contributed by atoms with Crippen molar-refractivity contribution in [1.82, 2.24) is 0 Å². The number of aliphatic hydroxyl groups excluding tert-OH is 1. The number of hydrogen-bond acceptors (Lipinski definition) is 7. The second kappa shape index (κ2) is 14.1. The average Bonchev–Trinajstić information content (AvgIpc) is 2.70. The second-order valence-corrected chi connectivity index (χ2v) is 6.01. The molecule has 0 bridgehead atoms. The number of nitrogens with zero attached hydrogens (tertiary/aromatic N) is 3. The van der Waals surface area contributed by atoms with E-state index < -0.39 is 11.2 Å². The van der Waals surface area contributed by atoms with E-state index in [0.717, 1.165) is 17.5 Å². The molecule has 2 N–H and O–H groups in total. The average molecular weight is 460 g/mol. The standard InChI is InChI=1S/C20H22N2O3.HNO3.Ni/c23-18-14-24-19-8-3-1-6-16(19)12-21-10-5-11-22-13-17-7-2-4-9-20(17)25-15-18;2-1(3)4;/h1-4,6-9,12-13,18,23H,5,10-11,14-15H2;(H,2,3,4);. The van der Waals surface area contributed by atoms with E-state index in [-0.39, 0.29) is 29.7 Å². The van der Waals surface area contributed by atoms with Gasteiger partial charge < -0.3 is 19.8 Å². The van der Waals surface area contributed by atoms with Crippen molar-refractivity contribution in [2.24, 2.45) is 9.98 Å². The summed E-state index contributed by atoms with van der Waals surface area (Å²) >= 11 is 0.